The van der Waals surface area contributed by atoms with Gasteiger partial charge in [-0.1, -0.05) is 23.8 Å². The van der Waals surface area contributed by atoms with Crippen LogP contribution >= 0.6 is 0 Å². The quantitative estimate of drug-likeness (QED) is 0.261. The van der Waals surface area contributed by atoms with Crippen LogP contribution in [0.3, 0.4) is 0 Å². The molecule has 0 saturated heterocycles. The Bertz CT molecular complexity index is 1320. The van der Waals surface area contributed by atoms with Crippen molar-refractivity contribution in [2.24, 2.45) is 5.10 Å². The number of benzene rings is 2. The molecule has 0 atom stereocenters. The Morgan fingerprint density at radius 2 is 1.55 bits per heavy atom. The van der Waals surface area contributed by atoms with Gasteiger partial charge in [0.2, 0.25) is 5.78 Å². The van der Waals surface area contributed by atoms with Crippen LogP contribution in [-0.2, 0) is 25.0 Å². The topological polar surface area (TPSA) is 156 Å². The Morgan fingerprint density at radius 1 is 0.903 bits per heavy atom. The maximum absolute atomic E-state index is 12.6. The number of hydrogen-bond acceptors (Lipinski definition) is 9. The third-order valence-corrected chi connectivity index (χ3v) is 5.91. The van der Waals surface area contributed by atoms with Gasteiger partial charge in [-0.3, -0.25) is 10.2 Å². The average molecular weight is 480 g/mol. The summed E-state index contributed by atoms with van der Waals surface area (Å²) in [7, 11) is -9.95. The van der Waals surface area contributed by atoms with Crippen molar-refractivity contribution in [1.29, 1.82) is 0 Å². The Kier molecular flexibility index (Phi) is 9.44. The summed E-state index contributed by atoms with van der Waals surface area (Å²) in [5, 5.41) is 3.93. The molecule has 1 aliphatic rings. The van der Waals surface area contributed by atoms with E-state index in [4.69, 9.17) is 0 Å². The minimum atomic E-state index is -5.11. The van der Waals surface area contributed by atoms with Crippen molar-refractivity contribution in [2.75, 3.05) is 5.43 Å². The molecular weight excluding hydrogens is 466 g/mol. The number of fused-ring (bicyclic) bond motifs is 1. The van der Waals surface area contributed by atoms with Crippen LogP contribution in [0.5, 0.6) is 0 Å². The van der Waals surface area contributed by atoms with Gasteiger partial charge in [0.15, 0.2) is 0 Å². The Balaban J connectivity index is 0.00000240. The van der Waals surface area contributed by atoms with E-state index in [0.717, 1.165) is 35.4 Å². The van der Waals surface area contributed by atoms with Gasteiger partial charge in [-0.05, 0) is 49.2 Å². The van der Waals surface area contributed by atoms with E-state index < -0.39 is 41.5 Å². The number of hydrogen-bond donors (Lipinski definition) is 1. The van der Waals surface area contributed by atoms with Crippen LogP contribution in [0.25, 0.3) is 6.08 Å². The average Bonchev–Trinajstić information content (AvgIpc) is 2.59. The molecule has 0 saturated carbocycles. The first-order chi connectivity index (χ1) is 13.4. The Hall–Kier alpha value is -0.860. The summed E-state index contributed by atoms with van der Waals surface area (Å²) >= 11 is 0. The molecule has 152 valence electrons. The number of nitrogens with zero attached hydrogens (tertiary/aromatic N) is 1. The van der Waals surface area contributed by atoms with Gasteiger partial charge in [-0.25, -0.2) is 16.8 Å². The molecule has 0 spiro atoms. The molecule has 0 fully saturated rings. The van der Waals surface area contributed by atoms with Crippen LogP contribution in [0.15, 0.2) is 51.3 Å². The van der Waals surface area contributed by atoms with Crippen molar-refractivity contribution in [2.45, 2.75) is 18.7 Å². The second kappa shape index (κ2) is 10.4. The van der Waals surface area contributed by atoms with E-state index in [1.165, 1.54) is 0 Å². The summed E-state index contributed by atoms with van der Waals surface area (Å²) in [6.07, 6.45) is 0.831. The molecule has 1 aliphatic carbocycles. The normalized spacial score (nSPS) is 14.8. The zero-order chi connectivity index (χ0) is 21.6. The minimum Gasteiger partial charge on any atom is -0.744 e. The first-order valence-electron chi connectivity index (χ1n) is 8.11. The van der Waals surface area contributed by atoms with Crippen LogP contribution in [0.4, 0.5) is 5.69 Å². The first kappa shape index (κ1) is 28.2. The fourth-order valence-corrected chi connectivity index (χ4v) is 3.91. The predicted octanol–water partition coefficient (Wildman–Crippen LogP) is -4.50. The summed E-state index contributed by atoms with van der Waals surface area (Å²) in [6, 6.07) is 8.31. The maximum atomic E-state index is 12.6. The molecule has 3 rings (SSSR count). The maximum Gasteiger partial charge on any atom is 1.00 e. The van der Waals surface area contributed by atoms with E-state index in [1.807, 2.05) is 13.0 Å². The summed E-state index contributed by atoms with van der Waals surface area (Å²) in [4.78, 5) is 11.0. The third kappa shape index (κ3) is 6.35. The molecule has 31 heavy (non-hydrogen) atoms. The number of ketones is 1. The van der Waals surface area contributed by atoms with Gasteiger partial charge < -0.3 is 9.11 Å². The predicted molar refractivity (Wildman–Crippen MR) is 103 cm³/mol. The molecule has 0 amide bonds. The smallest absolute Gasteiger partial charge is 0.744 e. The van der Waals surface area contributed by atoms with Crippen molar-refractivity contribution in [3.05, 3.63) is 63.6 Å². The molecule has 2 aromatic carbocycles. The standard InChI is InChI=1S/C18H16N2O7S2.2Na/c1-10-3-6-15(11(2)7-10)19-20-17-14-9-13(28(22,23)24)5-4-12(14)8-16(18(17)21)29(25,26)27;;/h3-9,19H,1-2H3,(H,22,23,24)(H,25,26,27);;/q;2*+1/p-2/b20-17+;;. The fraction of sp³-hybridized carbons (Fsp3) is 0.111. The summed E-state index contributed by atoms with van der Waals surface area (Å²) in [5.74, 6) is -1.20. The van der Waals surface area contributed by atoms with Gasteiger partial charge in [0.05, 0.1) is 10.6 Å². The van der Waals surface area contributed by atoms with Gasteiger partial charge in [-0.15, -0.1) is 0 Å². The van der Waals surface area contributed by atoms with Crippen LogP contribution in [0.1, 0.15) is 22.3 Å². The largest absolute Gasteiger partial charge is 1.00 e. The van der Waals surface area contributed by atoms with E-state index in [2.05, 4.69) is 10.5 Å². The van der Waals surface area contributed by atoms with Gasteiger partial charge in [-0.2, -0.15) is 5.10 Å². The SMILES string of the molecule is Cc1ccc(N/N=C2/C(=O)C(S(=O)(=O)[O-])=Cc3ccc(S(=O)(=O)[O-])cc32)c(C)c1.[Na+].[Na+]. The zero-order valence-corrected chi connectivity index (χ0v) is 22.8. The number of carbonyl (C=O) groups is 1. The van der Waals surface area contributed by atoms with Gasteiger partial charge in [0, 0.05) is 5.56 Å². The van der Waals surface area contributed by atoms with Gasteiger partial charge in [0.1, 0.15) is 30.9 Å². The molecule has 1 N–H and O–H groups in total. The van der Waals surface area contributed by atoms with E-state index in [1.54, 1.807) is 19.1 Å². The Labute approximate surface area is 224 Å². The van der Waals surface area contributed by atoms with E-state index in [-0.39, 0.29) is 70.2 Å². The number of anilines is 1. The summed E-state index contributed by atoms with van der Waals surface area (Å²) < 4.78 is 68.4. The minimum absolute atomic E-state index is 0. The zero-order valence-electron chi connectivity index (χ0n) is 17.2. The number of aryl methyl sites for hydroxylation is 2. The number of Topliss-reactive ketones (excluding diaryl/α,β-unsaturated/α-hetero) is 1. The molecule has 0 heterocycles. The van der Waals surface area contributed by atoms with Crippen LogP contribution in [-0.4, -0.2) is 37.4 Å². The molecule has 13 heteroatoms. The van der Waals surface area contributed by atoms with Crippen molar-refractivity contribution in [3.8, 4) is 0 Å². The van der Waals surface area contributed by atoms with E-state index >= 15 is 0 Å². The number of hydrazone groups is 1. The second-order valence-corrected chi connectivity index (χ2v) is 9.11. The molecule has 2 aromatic rings. The number of rotatable bonds is 4. The molecular formula is C18H14N2Na2O7S2. The Morgan fingerprint density at radius 3 is 2.10 bits per heavy atom. The second-order valence-electron chi connectivity index (χ2n) is 6.39. The van der Waals surface area contributed by atoms with Crippen molar-refractivity contribution < 1.29 is 89.9 Å². The molecule has 0 aromatic heterocycles. The number of nitrogens with one attached hydrogen (secondary N) is 1. The molecule has 0 aliphatic heterocycles. The number of carbonyl (C=O) groups excluding carboxylic acids is 1. The van der Waals surface area contributed by atoms with Crippen LogP contribution in [0, 0.1) is 13.8 Å². The molecule has 0 unspecified atom stereocenters. The van der Waals surface area contributed by atoms with E-state index in [0.29, 0.717) is 5.69 Å². The monoisotopic (exact) mass is 480 g/mol. The van der Waals surface area contributed by atoms with Gasteiger partial charge >= 0.3 is 59.1 Å². The fourth-order valence-electron chi connectivity index (χ4n) is 2.82. The summed E-state index contributed by atoms with van der Waals surface area (Å²) in [6.45, 7) is 3.66. The third-order valence-electron chi connectivity index (χ3n) is 4.23. The molecule has 0 bridgehead atoms. The van der Waals surface area contributed by atoms with Crippen molar-refractivity contribution in [3.63, 3.8) is 0 Å². The first-order valence-corrected chi connectivity index (χ1v) is 10.9. The van der Waals surface area contributed by atoms with Crippen molar-refractivity contribution in [1.82, 2.24) is 0 Å². The van der Waals surface area contributed by atoms with Gasteiger partial charge in [0.25, 0.3) is 0 Å². The van der Waals surface area contributed by atoms with E-state index in [9.17, 15) is 30.7 Å². The summed E-state index contributed by atoms with van der Waals surface area (Å²) in [5.41, 5.74) is 4.37. The van der Waals surface area contributed by atoms with Crippen LogP contribution < -0.4 is 64.5 Å². The number of allylic oxidation sites excluding steroid dienone is 1. The molecule has 0 radical (unpaired) electrons. The molecule has 9 nitrogen and oxygen atoms in total. The van der Waals surface area contributed by atoms with Crippen LogP contribution in [0.2, 0.25) is 0 Å². The van der Waals surface area contributed by atoms with Crippen molar-refractivity contribution >= 4 is 43.5 Å².